The number of hydrogen-bond acceptors (Lipinski definition) is 4. The maximum absolute atomic E-state index is 5.76. The lowest BCUT2D eigenvalue weighted by Crippen LogP contribution is -2.05. The van der Waals surface area contributed by atoms with Crippen molar-refractivity contribution in [3.8, 4) is 0 Å². The third-order valence-electron chi connectivity index (χ3n) is 3.29. The molecule has 4 N–H and O–H groups in total. The minimum atomic E-state index is 0.652. The number of pyridine rings is 1. The van der Waals surface area contributed by atoms with E-state index in [-0.39, 0.29) is 0 Å². The number of nitrogens with one attached hydrogen (secondary N) is 2. The van der Waals surface area contributed by atoms with E-state index in [1.807, 2.05) is 30.5 Å². The molecule has 0 unspecified atom stereocenters. The Bertz CT molecular complexity index is 732. The van der Waals surface area contributed by atoms with Gasteiger partial charge in [-0.15, -0.1) is 0 Å². The summed E-state index contributed by atoms with van der Waals surface area (Å²) in [4.78, 5) is 12.1. The number of fused-ring (bicyclic) bond motifs is 1. The van der Waals surface area contributed by atoms with Crippen LogP contribution in [0.2, 0.25) is 0 Å². The number of aryl methyl sites for hydroxylation is 1. The minimum absolute atomic E-state index is 0.652. The fraction of sp³-hybridized carbons (Fsp3) is 0.200. The highest BCUT2D eigenvalue weighted by atomic mass is 15.1. The van der Waals surface area contributed by atoms with Crippen LogP contribution in [0.3, 0.4) is 0 Å². The van der Waals surface area contributed by atoms with Crippen molar-refractivity contribution >= 4 is 22.7 Å². The van der Waals surface area contributed by atoms with Crippen molar-refractivity contribution in [2.24, 2.45) is 0 Å². The van der Waals surface area contributed by atoms with E-state index in [1.165, 1.54) is 5.56 Å². The van der Waals surface area contributed by atoms with E-state index in [2.05, 4.69) is 33.3 Å². The molecule has 0 saturated carbocycles. The van der Waals surface area contributed by atoms with Crippen molar-refractivity contribution in [2.45, 2.75) is 19.9 Å². The summed E-state index contributed by atoms with van der Waals surface area (Å²) in [5.74, 6) is 0.735. The van der Waals surface area contributed by atoms with Crippen molar-refractivity contribution < 1.29 is 0 Å². The third kappa shape index (κ3) is 2.42. The van der Waals surface area contributed by atoms with Crippen LogP contribution in [0.4, 0.5) is 11.6 Å². The van der Waals surface area contributed by atoms with Gasteiger partial charge in [-0.25, -0.2) is 4.98 Å². The summed E-state index contributed by atoms with van der Waals surface area (Å²) < 4.78 is 0. The summed E-state index contributed by atoms with van der Waals surface area (Å²) in [5.41, 5.74) is 10.6. The van der Waals surface area contributed by atoms with E-state index in [9.17, 15) is 0 Å². The van der Waals surface area contributed by atoms with Crippen LogP contribution in [0.25, 0.3) is 11.0 Å². The van der Waals surface area contributed by atoms with Gasteiger partial charge in [0.05, 0.1) is 23.3 Å². The highest BCUT2D eigenvalue weighted by Gasteiger charge is 2.05. The Labute approximate surface area is 117 Å². The summed E-state index contributed by atoms with van der Waals surface area (Å²) in [6, 6.07) is 9.70. The molecule has 0 saturated heterocycles. The van der Waals surface area contributed by atoms with Crippen molar-refractivity contribution in [3.05, 3.63) is 47.8 Å². The summed E-state index contributed by atoms with van der Waals surface area (Å²) in [5, 5.41) is 3.27. The number of aromatic nitrogens is 3. The van der Waals surface area contributed by atoms with Crippen LogP contribution < -0.4 is 11.1 Å². The highest BCUT2D eigenvalue weighted by molar-refractivity contribution is 5.80. The molecule has 5 nitrogen and oxygen atoms in total. The molecule has 2 aromatic heterocycles. The monoisotopic (exact) mass is 267 g/mol. The standard InChI is InChI=1S/C15H17N5/c1-2-10-4-3-7-17-14(10)9-18-15-19-12-6-5-11(16)8-13(12)20-15/h3-8H,2,9,16H2,1H3,(H2,18,19,20). The molecule has 20 heavy (non-hydrogen) atoms. The van der Waals surface area contributed by atoms with E-state index < -0.39 is 0 Å². The van der Waals surface area contributed by atoms with E-state index in [4.69, 9.17) is 5.73 Å². The minimum Gasteiger partial charge on any atom is -0.399 e. The van der Waals surface area contributed by atoms with Gasteiger partial charge >= 0.3 is 0 Å². The van der Waals surface area contributed by atoms with E-state index in [0.717, 1.165) is 34.8 Å². The molecular weight excluding hydrogens is 250 g/mol. The Morgan fingerprint density at radius 1 is 1.30 bits per heavy atom. The number of rotatable bonds is 4. The normalized spacial score (nSPS) is 10.8. The van der Waals surface area contributed by atoms with Gasteiger partial charge in [0.2, 0.25) is 5.95 Å². The molecule has 102 valence electrons. The van der Waals surface area contributed by atoms with E-state index in [0.29, 0.717) is 6.54 Å². The molecule has 1 aromatic carbocycles. The second-order valence-electron chi connectivity index (χ2n) is 4.68. The topological polar surface area (TPSA) is 79.6 Å². The first-order chi connectivity index (χ1) is 9.76. The van der Waals surface area contributed by atoms with Crippen molar-refractivity contribution in [2.75, 3.05) is 11.1 Å². The molecule has 0 aliphatic rings. The van der Waals surface area contributed by atoms with E-state index >= 15 is 0 Å². The molecule has 2 heterocycles. The lowest BCUT2D eigenvalue weighted by molar-refractivity contribution is 0.960. The van der Waals surface area contributed by atoms with Crippen molar-refractivity contribution in [1.82, 2.24) is 15.0 Å². The Morgan fingerprint density at radius 2 is 2.20 bits per heavy atom. The molecule has 0 radical (unpaired) electrons. The number of aromatic amines is 1. The van der Waals surface area contributed by atoms with Gasteiger partial charge in [0.25, 0.3) is 0 Å². The first-order valence-electron chi connectivity index (χ1n) is 6.68. The maximum atomic E-state index is 5.76. The van der Waals surface area contributed by atoms with Crippen LogP contribution in [-0.2, 0) is 13.0 Å². The molecule has 5 heteroatoms. The second kappa shape index (κ2) is 5.21. The molecular formula is C15H17N5. The zero-order valence-corrected chi connectivity index (χ0v) is 11.4. The number of benzene rings is 1. The number of H-pyrrole nitrogens is 1. The van der Waals surface area contributed by atoms with Gasteiger partial charge in [0, 0.05) is 11.9 Å². The number of hydrogen-bond donors (Lipinski definition) is 3. The van der Waals surface area contributed by atoms with Crippen LogP contribution in [0.5, 0.6) is 0 Å². The zero-order chi connectivity index (χ0) is 13.9. The average molecular weight is 267 g/mol. The fourth-order valence-electron chi connectivity index (χ4n) is 2.23. The number of imidazole rings is 1. The quantitative estimate of drug-likeness (QED) is 0.635. The number of nitrogen functional groups attached to an aromatic ring is 1. The van der Waals surface area contributed by atoms with E-state index in [1.54, 1.807) is 0 Å². The average Bonchev–Trinajstić information content (AvgIpc) is 2.87. The van der Waals surface area contributed by atoms with Gasteiger partial charge in [-0.2, -0.15) is 0 Å². The molecule has 0 amide bonds. The molecule has 3 aromatic rings. The first kappa shape index (κ1) is 12.5. The predicted octanol–water partition coefficient (Wildman–Crippen LogP) is 2.71. The molecule has 0 fully saturated rings. The molecule has 3 rings (SSSR count). The number of nitrogens with two attached hydrogens (primary N) is 1. The van der Waals surface area contributed by atoms with Crippen LogP contribution in [0, 0.1) is 0 Å². The SMILES string of the molecule is CCc1cccnc1CNc1nc2ccc(N)cc2[nH]1. The van der Waals surface area contributed by atoms with Gasteiger partial charge < -0.3 is 16.0 Å². The lowest BCUT2D eigenvalue weighted by Gasteiger charge is -2.06. The lowest BCUT2D eigenvalue weighted by atomic mass is 10.1. The van der Waals surface area contributed by atoms with Crippen LogP contribution in [0.15, 0.2) is 36.5 Å². The van der Waals surface area contributed by atoms with Gasteiger partial charge in [-0.1, -0.05) is 13.0 Å². The third-order valence-corrected chi connectivity index (χ3v) is 3.29. The Kier molecular flexibility index (Phi) is 3.25. The van der Waals surface area contributed by atoms with Crippen molar-refractivity contribution in [1.29, 1.82) is 0 Å². The highest BCUT2D eigenvalue weighted by Crippen LogP contribution is 2.17. The number of anilines is 2. The second-order valence-corrected chi connectivity index (χ2v) is 4.68. The zero-order valence-electron chi connectivity index (χ0n) is 11.4. The van der Waals surface area contributed by atoms with Gasteiger partial charge in [0.1, 0.15) is 0 Å². The maximum Gasteiger partial charge on any atom is 0.201 e. The molecule has 0 atom stereocenters. The van der Waals surface area contributed by atoms with Gasteiger partial charge in [-0.3, -0.25) is 4.98 Å². The van der Waals surface area contributed by atoms with Crippen LogP contribution in [-0.4, -0.2) is 15.0 Å². The molecule has 0 bridgehead atoms. The Hall–Kier alpha value is -2.56. The predicted molar refractivity (Wildman–Crippen MR) is 81.4 cm³/mol. The largest absolute Gasteiger partial charge is 0.399 e. The smallest absolute Gasteiger partial charge is 0.201 e. The Morgan fingerprint density at radius 3 is 3.05 bits per heavy atom. The summed E-state index contributed by atoms with van der Waals surface area (Å²) in [6.45, 7) is 2.78. The van der Waals surface area contributed by atoms with Crippen LogP contribution in [0.1, 0.15) is 18.2 Å². The summed E-state index contributed by atoms with van der Waals surface area (Å²) in [7, 11) is 0. The first-order valence-corrected chi connectivity index (χ1v) is 6.68. The van der Waals surface area contributed by atoms with Crippen LogP contribution >= 0.6 is 0 Å². The van der Waals surface area contributed by atoms with Crippen molar-refractivity contribution in [3.63, 3.8) is 0 Å². The molecule has 0 aliphatic carbocycles. The summed E-state index contributed by atoms with van der Waals surface area (Å²) in [6.07, 6.45) is 2.79. The molecule has 0 spiro atoms. The van der Waals surface area contributed by atoms with Gasteiger partial charge in [-0.05, 0) is 36.2 Å². The number of nitrogens with zero attached hydrogens (tertiary/aromatic N) is 2. The Balaban J connectivity index is 1.79. The summed E-state index contributed by atoms with van der Waals surface area (Å²) >= 11 is 0. The fourth-order valence-corrected chi connectivity index (χ4v) is 2.23. The van der Waals surface area contributed by atoms with Gasteiger partial charge in [0.15, 0.2) is 0 Å². The molecule has 0 aliphatic heterocycles.